The molecular weight excluding hydrogens is 286 g/mol. The Labute approximate surface area is 125 Å². The molecule has 0 radical (unpaired) electrons. The summed E-state index contributed by atoms with van der Waals surface area (Å²) in [6, 6.07) is 10.9. The highest BCUT2D eigenvalue weighted by atomic mass is 16.5. The van der Waals surface area contributed by atoms with Crippen LogP contribution in [0.5, 0.6) is 5.88 Å². The minimum Gasteiger partial charge on any atom is -0.477 e. The Bertz CT molecular complexity index is 792. The number of carboxylic acids is 1. The topological polar surface area (TPSA) is 101 Å². The molecule has 22 heavy (non-hydrogen) atoms. The van der Waals surface area contributed by atoms with Crippen molar-refractivity contribution in [2.75, 3.05) is 0 Å². The van der Waals surface area contributed by atoms with Gasteiger partial charge in [0.05, 0.1) is 5.56 Å². The molecule has 0 amide bonds. The molecule has 2 heterocycles. The van der Waals surface area contributed by atoms with E-state index >= 15 is 0 Å². The smallest absolute Gasteiger partial charge is 0.354 e. The fourth-order valence-electron chi connectivity index (χ4n) is 2.02. The van der Waals surface area contributed by atoms with Crippen LogP contribution in [0.2, 0.25) is 0 Å². The maximum atomic E-state index is 10.8. The van der Waals surface area contributed by atoms with Gasteiger partial charge in [0.1, 0.15) is 23.8 Å². The predicted molar refractivity (Wildman–Crippen MR) is 76.6 cm³/mol. The van der Waals surface area contributed by atoms with Crippen molar-refractivity contribution in [3.8, 4) is 17.1 Å². The van der Waals surface area contributed by atoms with Gasteiger partial charge in [-0.3, -0.25) is 5.10 Å². The molecule has 0 saturated carbocycles. The molecule has 0 spiro atoms. The van der Waals surface area contributed by atoms with E-state index < -0.39 is 5.97 Å². The number of nitrogens with zero attached hydrogens (tertiary/aromatic N) is 2. The molecule has 3 aromatic rings. The second-order valence-electron chi connectivity index (χ2n) is 4.65. The Kier molecular flexibility index (Phi) is 3.61. The number of aromatic nitrogens is 3. The van der Waals surface area contributed by atoms with Crippen molar-refractivity contribution in [3.05, 3.63) is 53.4 Å². The van der Waals surface area contributed by atoms with E-state index in [2.05, 4.69) is 15.4 Å². The number of aryl methyl sites for hydroxylation is 1. The van der Waals surface area contributed by atoms with E-state index in [9.17, 15) is 4.79 Å². The second kappa shape index (κ2) is 5.72. The third-order valence-electron chi connectivity index (χ3n) is 3.18. The number of H-pyrrole nitrogens is 1. The quantitative estimate of drug-likeness (QED) is 0.751. The number of aromatic carboxylic acids is 1. The standard InChI is InChI=1S/C15H13N3O4/c1-9-11(8-21-13-7-12(15(19)20)16-17-13)14(18-22-9)10-5-3-2-4-6-10/h2-7H,8H2,1H3,(H,16,17)(H,19,20). The number of aromatic amines is 1. The first-order valence-corrected chi connectivity index (χ1v) is 6.57. The molecule has 0 aliphatic heterocycles. The van der Waals surface area contributed by atoms with Crippen LogP contribution in [0.25, 0.3) is 11.3 Å². The minimum atomic E-state index is -1.09. The lowest BCUT2D eigenvalue weighted by Crippen LogP contribution is -1.98. The lowest BCUT2D eigenvalue weighted by Gasteiger charge is -2.03. The summed E-state index contributed by atoms with van der Waals surface area (Å²) in [5.74, 6) is -0.238. The van der Waals surface area contributed by atoms with Crippen molar-refractivity contribution in [1.29, 1.82) is 0 Å². The Morgan fingerprint density at radius 1 is 1.36 bits per heavy atom. The number of hydrogen-bond acceptors (Lipinski definition) is 5. The van der Waals surface area contributed by atoms with Crippen molar-refractivity contribution in [2.45, 2.75) is 13.5 Å². The van der Waals surface area contributed by atoms with Crippen LogP contribution in [0, 0.1) is 6.92 Å². The summed E-state index contributed by atoms with van der Waals surface area (Å²) < 4.78 is 10.7. The average molecular weight is 299 g/mol. The van der Waals surface area contributed by atoms with Gasteiger partial charge in [-0.15, -0.1) is 5.10 Å². The van der Waals surface area contributed by atoms with E-state index in [1.807, 2.05) is 30.3 Å². The summed E-state index contributed by atoms with van der Waals surface area (Å²) in [6.45, 7) is 1.98. The summed E-state index contributed by atoms with van der Waals surface area (Å²) in [6.07, 6.45) is 0. The molecular formula is C15H13N3O4. The fraction of sp³-hybridized carbons (Fsp3) is 0.133. The Morgan fingerprint density at radius 2 is 2.14 bits per heavy atom. The van der Waals surface area contributed by atoms with E-state index in [0.717, 1.165) is 11.1 Å². The zero-order chi connectivity index (χ0) is 15.5. The number of carboxylic acid groups (broad SMARTS) is 1. The van der Waals surface area contributed by atoms with Crippen LogP contribution in [0.3, 0.4) is 0 Å². The summed E-state index contributed by atoms with van der Waals surface area (Å²) >= 11 is 0. The number of nitrogens with one attached hydrogen (secondary N) is 1. The van der Waals surface area contributed by atoms with Gasteiger partial charge in [-0.2, -0.15) is 0 Å². The predicted octanol–water partition coefficient (Wildman–Crippen LogP) is 2.65. The molecule has 0 unspecified atom stereocenters. The zero-order valence-electron chi connectivity index (χ0n) is 11.7. The van der Waals surface area contributed by atoms with Crippen LogP contribution >= 0.6 is 0 Å². The van der Waals surface area contributed by atoms with Crippen LogP contribution < -0.4 is 4.74 Å². The van der Waals surface area contributed by atoms with Gasteiger partial charge in [0.15, 0.2) is 0 Å². The van der Waals surface area contributed by atoms with Crippen LogP contribution in [0.15, 0.2) is 40.9 Å². The third-order valence-corrected chi connectivity index (χ3v) is 3.18. The van der Waals surface area contributed by atoms with Crippen molar-refractivity contribution in [2.24, 2.45) is 0 Å². The van der Waals surface area contributed by atoms with Crippen molar-refractivity contribution < 1.29 is 19.2 Å². The number of rotatable bonds is 5. The second-order valence-corrected chi connectivity index (χ2v) is 4.65. The summed E-state index contributed by atoms with van der Waals surface area (Å²) in [5.41, 5.74) is 2.39. The molecule has 0 atom stereocenters. The Hall–Kier alpha value is -3.09. The van der Waals surface area contributed by atoms with Gasteiger partial charge in [-0.1, -0.05) is 35.5 Å². The van der Waals surface area contributed by atoms with E-state index in [-0.39, 0.29) is 18.2 Å². The summed E-state index contributed by atoms with van der Waals surface area (Å²) in [5, 5.41) is 19.1. The molecule has 0 bridgehead atoms. The van der Waals surface area contributed by atoms with Crippen LogP contribution in [-0.2, 0) is 6.61 Å². The maximum Gasteiger partial charge on any atom is 0.354 e. The van der Waals surface area contributed by atoms with Crippen LogP contribution in [-0.4, -0.2) is 26.4 Å². The molecule has 2 aromatic heterocycles. The van der Waals surface area contributed by atoms with Crippen molar-refractivity contribution in [1.82, 2.24) is 15.4 Å². The molecule has 0 saturated heterocycles. The third kappa shape index (κ3) is 2.69. The van der Waals surface area contributed by atoms with E-state index in [1.165, 1.54) is 6.07 Å². The lowest BCUT2D eigenvalue weighted by atomic mass is 10.1. The molecule has 7 heteroatoms. The molecule has 0 aliphatic carbocycles. The summed E-state index contributed by atoms with van der Waals surface area (Å²) in [7, 11) is 0. The highest BCUT2D eigenvalue weighted by molar-refractivity contribution is 5.85. The number of carbonyl (C=O) groups is 1. The summed E-state index contributed by atoms with van der Waals surface area (Å²) in [4.78, 5) is 10.8. The number of hydrogen-bond donors (Lipinski definition) is 2. The van der Waals surface area contributed by atoms with E-state index in [0.29, 0.717) is 11.5 Å². The first-order chi connectivity index (χ1) is 10.6. The molecule has 1 aromatic carbocycles. The van der Waals surface area contributed by atoms with E-state index in [1.54, 1.807) is 6.92 Å². The Balaban J connectivity index is 1.80. The van der Waals surface area contributed by atoms with Gasteiger partial charge in [0, 0.05) is 11.6 Å². The van der Waals surface area contributed by atoms with Gasteiger partial charge in [0.25, 0.3) is 0 Å². The van der Waals surface area contributed by atoms with Gasteiger partial charge < -0.3 is 14.4 Å². The van der Waals surface area contributed by atoms with Crippen LogP contribution in [0.1, 0.15) is 21.8 Å². The molecule has 7 nitrogen and oxygen atoms in total. The molecule has 0 fully saturated rings. The highest BCUT2D eigenvalue weighted by Crippen LogP contribution is 2.26. The lowest BCUT2D eigenvalue weighted by molar-refractivity contribution is 0.0690. The first-order valence-electron chi connectivity index (χ1n) is 6.57. The molecule has 112 valence electrons. The Morgan fingerprint density at radius 3 is 2.82 bits per heavy atom. The van der Waals surface area contributed by atoms with Gasteiger partial charge in [-0.05, 0) is 6.92 Å². The molecule has 2 N–H and O–H groups in total. The SMILES string of the molecule is Cc1onc(-c2ccccc2)c1COc1cc(C(=O)O)[nH]n1. The minimum absolute atomic E-state index is 0.0275. The molecule has 0 aliphatic rings. The maximum absolute atomic E-state index is 10.8. The van der Waals surface area contributed by atoms with E-state index in [4.69, 9.17) is 14.4 Å². The average Bonchev–Trinajstić information content (AvgIpc) is 3.13. The largest absolute Gasteiger partial charge is 0.477 e. The van der Waals surface area contributed by atoms with Crippen molar-refractivity contribution in [3.63, 3.8) is 0 Å². The van der Waals surface area contributed by atoms with Crippen molar-refractivity contribution >= 4 is 5.97 Å². The monoisotopic (exact) mass is 299 g/mol. The van der Waals surface area contributed by atoms with Gasteiger partial charge in [0.2, 0.25) is 5.88 Å². The first kappa shape index (κ1) is 13.9. The molecule has 3 rings (SSSR count). The van der Waals surface area contributed by atoms with Gasteiger partial charge >= 0.3 is 5.97 Å². The normalized spacial score (nSPS) is 10.6. The highest BCUT2D eigenvalue weighted by Gasteiger charge is 2.16. The number of benzene rings is 1. The number of ether oxygens (including phenoxy) is 1. The van der Waals surface area contributed by atoms with Gasteiger partial charge in [-0.25, -0.2) is 4.79 Å². The zero-order valence-corrected chi connectivity index (χ0v) is 11.7. The van der Waals surface area contributed by atoms with Crippen LogP contribution in [0.4, 0.5) is 0 Å². The fourth-order valence-corrected chi connectivity index (χ4v) is 2.02.